The molecule has 8 heteroatoms. The molecule has 3 N–H and O–H groups in total. The van der Waals surface area contributed by atoms with Crippen LogP contribution in [0.1, 0.15) is 73.7 Å². The number of aliphatic hydroxyl groups excluding tert-OH is 1. The van der Waals surface area contributed by atoms with Crippen LogP contribution < -0.4 is 15.8 Å². The van der Waals surface area contributed by atoms with Crippen LogP contribution in [0.3, 0.4) is 0 Å². The number of rotatable bonds is 9. The van der Waals surface area contributed by atoms with E-state index >= 15 is 0 Å². The molecule has 3 rings (SSSR count). The summed E-state index contributed by atoms with van der Waals surface area (Å²) in [5.41, 5.74) is 4.75. The summed E-state index contributed by atoms with van der Waals surface area (Å²) in [5, 5.41) is 14.6. The number of hydrogen-bond donors (Lipinski definition) is 3. The summed E-state index contributed by atoms with van der Waals surface area (Å²) >= 11 is 6.51. The van der Waals surface area contributed by atoms with Gasteiger partial charge in [-0.1, -0.05) is 11.6 Å². The van der Waals surface area contributed by atoms with Gasteiger partial charge in [0.05, 0.1) is 12.5 Å². The Hall–Kier alpha value is -2.35. The fourth-order valence-electron chi connectivity index (χ4n) is 5.19. The highest BCUT2D eigenvalue weighted by Crippen LogP contribution is 2.36. The normalized spacial score (nSPS) is 18.8. The molecular weight excluding hydrogens is 466 g/mol. The molecule has 0 amide bonds. The van der Waals surface area contributed by atoms with Crippen LogP contribution >= 0.6 is 11.6 Å². The first-order valence-corrected chi connectivity index (χ1v) is 12.9. The Morgan fingerprint density at radius 2 is 1.89 bits per heavy atom. The molecule has 1 aliphatic rings. The van der Waals surface area contributed by atoms with Gasteiger partial charge in [-0.3, -0.25) is 14.9 Å². The van der Waals surface area contributed by atoms with E-state index in [2.05, 4.69) is 22.1 Å². The molecule has 1 fully saturated rings. The first-order chi connectivity index (χ1) is 16.7. The Labute approximate surface area is 212 Å². The maximum atomic E-state index is 12.4. The molecule has 1 atom stereocenters. The molecular formula is C27H38ClN3O4. The van der Waals surface area contributed by atoms with Gasteiger partial charge < -0.3 is 19.7 Å². The molecule has 0 aliphatic heterocycles. The summed E-state index contributed by atoms with van der Waals surface area (Å²) in [6.07, 6.45) is 2.43. The highest BCUT2D eigenvalue weighted by Gasteiger charge is 2.31. The zero-order chi connectivity index (χ0) is 25.7. The largest absolute Gasteiger partial charge is 0.466 e. The average Bonchev–Trinajstić information content (AvgIpc) is 2.81. The summed E-state index contributed by atoms with van der Waals surface area (Å²) in [6, 6.07) is 5.93. The Kier molecular flexibility index (Phi) is 9.39. The van der Waals surface area contributed by atoms with Crippen molar-refractivity contribution in [1.29, 1.82) is 0 Å². The predicted octanol–water partition coefficient (Wildman–Crippen LogP) is 4.68. The number of aromatic amines is 1. The number of aromatic nitrogens is 1. The Morgan fingerprint density at radius 3 is 2.49 bits per heavy atom. The fourth-order valence-corrected chi connectivity index (χ4v) is 5.41. The summed E-state index contributed by atoms with van der Waals surface area (Å²) in [6.45, 7) is 11.1. The molecule has 7 nitrogen and oxygen atoms in total. The van der Waals surface area contributed by atoms with Crippen molar-refractivity contribution < 1.29 is 14.6 Å². The second kappa shape index (κ2) is 12.1. The number of H-pyrrole nitrogens is 1. The Bertz CT molecular complexity index is 1090. The minimum absolute atomic E-state index is 0.0275. The van der Waals surface area contributed by atoms with E-state index in [4.69, 9.17) is 16.3 Å². The van der Waals surface area contributed by atoms with E-state index < -0.39 is 6.23 Å². The number of nitrogens with zero attached hydrogens (tertiary/aromatic N) is 1. The molecule has 1 aliphatic carbocycles. The quantitative estimate of drug-likeness (QED) is 0.339. The van der Waals surface area contributed by atoms with E-state index in [0.717, 1.165) is 54.7 Å². The SMILES string of the molecule is CCOC(=O)C1CCC(N(CC)c2cc(Cl)cc(C(O)NCc3c(C)cc(C)[nH]c3=O)c2C)CC1. The van der Waals surface area contributed by atoms with Gasteiger partial charge in [-0.2, -0.15) is 0 Å². The van der Waals surface area contributed by atoms with Gasteiger partial charge in [0.25, 0.3) is 5.56 Å². The molecule has 0 radical (unpaired) electrons. The van der Waals surface area contributed by atoms with Gasteiger partial charge in [0.2, 0.25) is 0 Å². The van der Waals surface area contributed by atoms with E-state index in [-0.39, 0.29) is 30.0 Å². The molecule has 2 aromatic rings. The summed E-state index contributed by atoms with van der Waals surface area (Å²) in [5.74, 6) is -0.118. The number of ether oxygens (including phenoxy) is 1. The molecule has 0 spiro atoms. The van der Waals surface area contributed by atoms with E-state index in [1.165, 1.54) is 0 Å². The molecule has 1 aromatic heterocycles. The second-order valence-electron chi connectivity index (χ2n) is 9.41. The maximum Gasteiger partial charge on any atom is 0.308 e. The van der Waals surface area contributed by atoms with Crippen LogP contribution in [0.2, 0.25) is 5.02 Å². The van der Waals surface area contributed by atoms with Crippen molar-refractivity contribution in [3.05, 3.63) is 61.5 Å². The maximum absolute atomic E-state index is 12.4. The van der Waals surface area contributed by atoms with Crippen molar-refractivity contribution in [1.82, 2.24) is 10.3 Å². The zero-order valence-corrected chi connectivity index (χ0v) is 22.2. The van der Waals surface area contributed by atoms with Gasteiger partial charge in [0.1, 0.15) is 6.23 Å². The van der Waals surface area contributed by atoms with Crippen LogP contribution in [0.5, 0.6) is 0 Å². The van der Waals surface area contributed by atoms with Crippen LogP contribution in [0.25, 0.3) is 0 Å². The third-order valence-electron chi connectivity index (χ3n) is 7.05. The van der Waals surface area contributed by atoms with Crippen molar-refractivity contribution in [3.63, 3.8) is 0 Å². The number of benzene rings is 1. The van der Waals surface area contributed by atoms with Crippen LogP contribution in [-0.2, 0) is 16.1 Å². The highest BCUT2D eigenvalue weighted by molar-refractivity contribution is 6.31. The predicted molar refractivity (Wildman–Crippen MR) is 140 cm³/mol. The summed E-state index contributed by atoms with van der Waals surface area (Å²) in [7, 11) is 0. The fraction of sp³-hybridized carbons (Fsp3) is 0.556. The van der Waals surface area contributed by atoms with E-state index in [1.807, 2.05) is 39.8 Å². The lowest BCUT2D eigenvalue weighted by Gasteiger charge is -2.38. The monoisotopic (exact) mass is 503 g/mol. The van der Waals surface area contributed by atoms with Crippen LogP contribution in [0.4, 0.5) is 5.69 Å². The molecule has 192 valence electrons. The van der Waals surface area contributed by atoms with Gasteiger partial charge in [0.15, 0.2) is 0 Å². The van der Waals surface area contributed by atoms with Crippen molar-refractivity contribution in [2.45, 2.75) is 79.1 Å². The highest BCUT2D eigenvalue weighted by atomic mass is 35.5. The van der Waals surface area contributed by atoms with E-state index in [1.54, 1.807) is 6.07 Å². The number of carbonyl (C=O) groups is 1. The lowest BCUT2D eigenvalue weighted by atomic mass is 9.85. The standard InChI is InChI=1S/C27H38ClN3O4/c1-6-31(21-10-8-19(9-11-21)27(34)35-7-2)24-14-20(28)13-22(18(24)5)25(32)29-15-23-16(3)12-17(4)30-26(23)33/h12-14,19,21,25,29,32H,6-11,15H2,1-5H3,(H,30,33). The topological polar surface area (TPSA) is 94.7 Å². The lowest BCUT2D eigenvalue weighted by Crippen LogP contribution is -2.40. The number of carbonyl (C=O) groups excluding carboxylic acids is 1. The number of aliphatic hydroxyl groups is 1. The number of anilines is 1. The third-order valence-corrected chi connectivity index (χ3v) is 7.27. The number of esters is 1. The molecule has 1 aromatic carbocycles. The van der Waals surface area contributed by atoms with Crippen molar-refractivity contribution in [3.8, 4) is 0 Å². The molecule has 0 bridgehead atoms. The second-order valence-corrected chi connectivity index (χ2v) is 9.85. The van der Waals surface area contributed by atoms with Gasteiger partial charge in [0, 0.05) is 46.7 Å². The average molecular weight is 504 g/mol. The molecule has 1 heterocycles. The smallest absolute Gasteiger partial charge is 0.308 e. The van der Waals surface area contributed by atoms with Crippen LogP contribution in [0, 0.1) is 26.7 Å². The van der Waals surface area contributed by atoms with Gasteiger partial charge in [-0.25, -0.2) is 0 Å². The Balaban J connectivity index is 1.77. The van der Waals surface area contributed by atoms with Crippen molar-refractivity contribution in [2.75, 3.05) is 18.1 Å². The van der Waals surface area contributed by atoms with E-state index in [0.29, 0.717) is 22.8 Å². The number of hydrogen-bond acceptors (Lipinski definition) is 6. The lowest BCUT2D eigenvalue weighted by molar-refractivity contribution is -0.149. The van der Waals surface area contributed by atoms with Gasteiger partial charge >= 0.3 is 5.97 Å². The number of aryl methyl sites for hydroxylation is 2. The first kappa shape index (κ1) is 27.2. The number of halogens is 1. The van der Waals surface area contributed by atoms with Crippen LogP contribution in [-0.4, -0.2) is 35.3 Å². The molecule has 35 heavy (non-hydrogen) atoms. The molecule has 1 unspecified atom stereocenters. The Morgan fingerprint density at radius 1 is 1.20 bits per heavy atom. The zero-order valence-electron chi connectivity index (χ0n) is 21.4. The van der Waals surface area contributed by atoms with Gasteiger partial charge in [-0.15, -0.1) is 0 Å². The van der Waals surface area contributed by atoms with E-state index in [9.17, 15) is 14.7 Å². The minimum atomic E-state index is -0.981. The number of pyridine rings is 1. The van der Waals surface area contributed by atoms with Crippen LogP contribution in [0.15, 0.2) is 23.0 Å². The van der Waals surface area contributed by atoms with Crippen molar-refractivity contribution >= 4 is 23.3 Å². The first-order valence-electron chi connectivity index (χ1n) is 12.5. The minimum Gasteiger partial charge on any atom is -0.466 e. The summed E-state index contributed by atoms with van der Waals surface area (Å²) < 4.78 is 5.21. The van der Waals surface area contributed by atoms with Gasteiger partial charge in [-0.05, 0) is 89.6 Å². The van der Waals surface area contributed by atoms with Crippen molar-refractivity contribution in [2.24, 2.45) is 5.92 Å². The molecule has 0 saturated heterocycles. The third kappa shape index (κ3) is 6.46. The molecule has 1 saturated carbocycles. The summed E-state index contributed by atoms with van der Waals surface area (Å²) in [4.78, 5) is 29.6. The number of nitrogens with one attached hydrogen (secondary N) is 2.